The van der Waals surface area contributed by atoms with Gasteiger partial charge in [-0.2, -0.15) is 0 Å². The molecule has 0 fully saturated rings. The van der Waals surface area contributed by atoms with Gasteiger partial charge in [0, 0.05) is 27.0 Å². The molecule has 148 valence electrons. The van der Waals surface area contributed by atoms with Gasteiger partial charge in [0.25, 0.3) is 5.91 Å². The lowest BCUT2D eigenvalue weighted by Gasteiger charge is -2.15. The number of benzene rings is 3. The molecule has 0 aromatic heterocycles. The number of amides is 1. The monoisotopic (exact) mass is 445 g/mol. The summed E-state index contributed by atoms with van der Waals surface area (Å²) in [6.07, 6.45) is 0. The number of carbonyl (C=O) groups excluding carboxylic acids is 1. The molecule has 0 aliphatic rings. The summed E-state index contributed by atoms with van der Waals surface area (Å²) in [5.74, 6) is 0.354. The number of hydrogen-bond donors (Lipinski definition) is 3. The zero-order chi connectivity index (χ0) is 20.8. The molecule has 29 heavy (non-hydrogen) atoms. The van der Waals surface area contributed by atoms with Gasteiger partial charge in [-0.05, 0) is 60.7 Å². The minimum Gasteiger partial charge on any atom is -0.495 e. The molecule has 3 N–H and O–H groups in total. The lowest BCUT2D eigenvalue weighted by Crippen LogP contribution is -2.20. The van der Waals surface area contributed by atoms with Gasteiger partial charge in [-0.1, -0.05) is 41.4 Å². The van der Waals surface area contributed by atoms with E-state index in [9.17, 15) is 4.79 Å². The van der Waals surface area contributed by atoms with Crippen molar-refractivity contribution in [1.29, 1.82) is 0 Å². The summed E-state index contributed by atoms with van der Waals surface area (Å²) < 4.78 is 5.37. The molecule has 0 aliphatic carbocycles. The SMILES string of the molecule is COc1ccc(NC(=O)c2ccccc2)cc1NC(=S)Nc1cc(Cl)cc(Cl)c1. The molecule has 1 amide bonds. The van der Waals surface area contributed by atoms with Crippen LogP contribution in [-0.4, -0.2) is 18.1 Å². The highest BCUT2D eigenvalue weighted by Crippen LogP contribution is 2.29. The van der Waals surface area contributed by atoms with Gasteiger partial charge in [0.15, 0.2) is 5.11 Å². The van der Waals surface area contributed by atoms with Crippen LogP contribution in [0.2, 0.25) is 10.0 Å². The number of ether oxygens (including phenoxy) is 1. The summed E-state index contributed by atoms with van der Waals surface area (Å²) in [6, 6.07) is 19.2. The third-order valence-electron chi connectivity index (χ3n) is 3.86. The molecule has 0 atom stereocenters. The number of rotatable bonds is 5. The molecule has 0 heterocycles. The van der Waals surface area contributed by atoms with E-state index < -0.39 is 0 Å². The number of hydrogen-bond acceptors (Lipinski definition) is 3. The smallest absolute Gasteiger partial charge is 0.255 e. The summed E-state index contributed by atoms with van der Waals surface area (Å²) in [4.78, 5) is 12.4. The predicted molar refractivity (Wildman–Crippen MR) is 124 cm³/mol. The van der Waals surface area contributed by atoms with E-state index >= 15 is 0 Å². The number of methoxy groups -OCH3 is 1. The summed E-state index contributed by atoms with van der Waals surface area (Å²) in [5.41, 5.74) is 2.39. The first kappa shape index (κ1) is 20.9. The fourth-order valence-corrected chi connectivity index (χ4v) is 3.34. The molecule has 0 bridgehead atoms. The Kier molecular flexibility index (Phi) is 6.93. The molecule has 0 saturated carbocycles. The van der Waals surface area contributed by atoms with Crippen molar-refractivity contribution in [1.82, 2.24) is 0 Å². The zero-order valence-electron chi connectivity index (χ0n) is 15.3. The highest BCUT2D eigenvalue weighted by molar-refractivity contribution is 7.80. The standard InChI is InChI=1S/C21H17Cl2N3O2S/c1-28-19-8-7-16(24-20(27)13-5-3-2-4-6-13)12-18(19)26-21(29)25-17-10-14(22)9-15(23)11-17/h2-12H,1H3,(H,24,27)(H2,25,26,29). The Morgan fingerprint density at radius 2 is 1.55 bits per heavy atom. The summed E-state index contributed by atoms with van der Waals surface area (Å²) in [5, 5.41) is 10.2. The van der Waals surface area contributed by atoms with E-state index in [4.69, 9.17) is 40.2 Å². The molecule has 0 radical (unpaired) electrons. The molecule has 5 nitrogen and oxygen atoms in total. The van der Waals surface area contributed by atoms with Crippen LogP contribution in [0.15, 0.2) is 66.7 Å². The van der Waals surface area contributed by atoms with Crippen molar-refractivity contribution in [3.05, 3.63) is 82.3 Å². The molecule has 3 aromatic rings. The molecule has 0 unspecified atom stereocenters. The maximum absolute atomic E-state index is 12.4. The second-order valence-electron chi connectivity index (χ2n) is 5.97. The molecule has 8 heteroatoms. The number of carbonyl (C=O) groups is 1. The van der Waals surface area contributed by atoms with Crippen molar-refractivity contribution < 1.29 is 9.53 Å². The quantitative estimate of drug-likeness (QED) is 0.416. The maximum Gasteiger partial charge on any atom is 0.255 e. The van der Waals surface area contributed by atoms with E-state index in [0.717, 1.165) is 0 Å². The van der Waals surface area contributed by atoms with E-state index in [1.165, 1.54) is 0 Å². The highest BCUT2D eigenvalue weighted by Gasteiger charge is 2.10. The van der Waals surface area contributed by atoms with E-state index in [1.807, 2.05) is 18.2 Å². The van der Waals surface area contributed by atoms with Gasteiger partial charge in [0.05, 0.1) is 12.8 Å². The molecule has 0 spiro atoms. The second kappa shape index (κ2) is 9.60. The predicted octanol–water partition coefficient (Wildman–Crippen LogP) is 6.06. The molecule has 0 saturated heterocycles. The Hall–Kier alpha value is -2.80. The van der Waals surface area contributed by atoms with Crippen LogP contribution >= 0.6 is 35.4 Å². The third-order valence-corrected chi connectivity index (χ3v) is 4.50. The van der Waals surface area contributed by atoms with Crippen LogP contribution in [0.4, 0.5) is 17.1 Å². The lowest BCUT2D eigenvalue weighted by atomic mass is 10.2. The highest BCUT2D eigenvalue weighted by atomic mass is 35.5. The Morgan fingerprint density at radius 3 is 2.21 bits per heavy atom. The summed E-state index contributed by atoms with van der Waals surface area (Å²) >= 11 is 17.4. The van der Waals surface area contributed by atoms with Crippen LogP contribution < -0.4 is 20.7 Å². The van der Waals surface area contributed by atoms with Gasteiger partial charge in [-0.3, -0.25) is 4.79 Å². The largest absolute Gasteiger partial charge is 0.495 e. The Labute approximate surface area is 184 Å². The Morgan fingerprint density at radius 1 is 0.862 bits per heavy atom. The Bertz CT molecular complexity index is 1030. The van der Waals surface area contributed by atoms with Crippen molar-refractivity contribution in [2.24, 2.45) is 0 Å². The number of nitrogens with one attached hydrogen (secondary N) is 3. The average Bonchev–Trinajstić information content (AvgIpc) is 2.68. The van der Waals surface area contributed by atoms with E-state index in [-0.39, 0.29) is 5.91 Å². The second-order valence-corrected chi connectivity index (χ2v) is 7.25. The minimum atomic E-state index is -0.212. The zero-order valence-corrected chi connectivity index (χ0v) is 17.7. The normalized spacial score (nSPS) is 10.2. The van der Waals surface area contributed by atoms with Gasteiger partial charge in [0.2, 0.25) is 0 Å². The van der Waals surface area contributed by atoms with Crippen molar-refractivity contribution in [2.45, 2.75) is 0 Å². The fourth-order valence-electron chi connectivity index (χ4n) is 2.59. The fraction of sp³-hybridized carbons (Fsp3) is 0.0476. The van der Waals surface area contributed by atoms with Gasteiger partial charge >= 0.3 is 0 Å². The van der Waals surface area contributed by atoms with Crippen LogP contribution in [-0.2, 0) is 0 Å². The number of thiocarbonyl (C=S) groups is 1. The molecule has 0 aliphatic heterocycles. The van der Waals surface area contributed by atoms with Gasteiger partial charge in [0.1, 0.15) is 5.75 Å². The van der Waals surface area contributed by atoms with Crippen molar-refractivity contribution >= 4 is 63.5 Å². The van der Waals surface area contributed by atoms with Gasteiger partial charge in [-0.25, -0.2) is 0 Å². The number of halogens is 2. The average molecular weight is 446 g/mol. The third kappa shape index (κ3) is 5.84. The van der Waals surface area contributed by atoms with Crippen LogP contribution in [0.1, 0.15) is 10.4 Å². The van der Waals surface area contributed by atoms with E-state index in [1.54, 1.807) is 55.6 Å². The summed E-state index contributed by atoms with van der Waals surface area (Å²) in [7, 11) is 1.55. The molecular weight excluding hydrogens is 429 g/mol. The van der Waals surface area contributed by atoms with E-state index in [0.29, 0.717) is 43.5 Å². The van der Waals surface area contributed by atoms with E-state index in [2.05, 4.69) is 16.0 Å². The van der Waals surface area contributed by atoms with Gasteiger partial charge < -0.3 is 20.7 Å². The van der Waals surface area contributed by atoms with Crippen LogP contribution in [0.3, 0.4) is 0 Å². The first-order valence-electron chi connectivity index (χ1n) is 8.53. The van der Waals surface area contributed by atoms with Crippen molar-refractivity contribution in [2.75, 3.05) is 23.1 Å². The molecular formula is C21H17Cl2N3O2S. The van der Waals surface area contributed by atoms with Crippen LogP contribution in [0.5, 0.6) is 5.75 Å². The van der Waals surface area contributed by atoms with Crippen LogP contribution in [0, 0.1) is 0 Å². The topological polar surface area (TPSA) is 62.4 Å². The maximum atomic E-state index is 12.4. The minimum absolute atomic E-state index is 0.212. The molecule has 3 aromatic carbocycles. The lowest BCUT2D eigenvalue weighted by molar-refractivity contribution is 0.102. The van der Waals surface area contributed by atoms with Crippen molar-refractivity contribution in [3.63, 3.8) is 0 Å². The summed E-state index contributed by atoms with van der Waals surface area (Å²) in [6.45, 7) is 0. The molecule has 3 rings (SSSR count). The first-order chi connectivity index (χ1) is 13.9. The first-order valence-corrected chi connectivity index (χ1v) is 9.69. The number of anilines is 3. The van der Waals surface area contributed by atoms with Crippen LogP contribution in [0.25, 0.3) is 0 Å². The van der Waals surface area contributed by atoms with Gasteiger partial charge in [-0.15, -0.1) is 0 Å². The Balaban J connectivity index is 1.74. The van der Waals surface area contributed by atoms with Crippen molar-refractivity contribution in [3.8, 4) is 5.75 Å².